The number of hydrogen-bond acceptors (Lipinski definition) is 2. The van der Waals surface area contributed by atoms with Gasteiger partial charge in [0, 0.05) is 6.54 Å². The lowest BCUT2D eigenvalue weighted by Crippen LogP contribution is -2.36. The van der Waals surface area contributed by atoms with Gasteiger partial charge in [0.2, 0.25) is 0 Å². The maximum atomic E-state index is 11.3. The fourth-order valence-corrected chi connectivity index (χ4v) is 2.71. The SMILES string of the molecule is CCCC[C@H](NCc1cccc(-c2ccccc2C)c1)C(=O)O. The first-order valence-corrected chi connectivity index (χ1v) is 8.23. The fraction of sp³-hybridized carbons (Fsp3) is 0.350. The molecule has 0 aliphatic rings. The molecule has 122 valence electrons. The van der Waals surface area contributed by atoms with Gasteiger partial charge in [-0.25, -0.2) is 0 Å². The van der Waals surface area contributed by atoms with Crippen LogP contribution < -0.4 is 5.32 Å². The Morgan fingerprint density at radius 1 is 1.17 bits per heavy atom. The Hall–Kier alpha value is -2.13. The highest BCUT2D eigenvalue weighted by Gasteiger charge is 2.15. The predicted molar refractivity (Wildman–Crippen MR) is 94.4 cm³/mol. The van der Waals surface area contributed by atoms with Crippen molar-refractivity contribution in [2.24, 2.45) is 0 Å². The third-order valence-electron chi connectivity index (χ3n) is 4.08. The highest BCUT2D eigenvalue weighted by molar-refractivity contribution is 5.73. The van der Waals surface area contributed by atoms with Crippen molar-refractivity contribution in [1.82, 2.24) is 5.32 Å². The molecule has 3 nitrogen and oxygen atoms in total. The standard InChI is InChI=1S/C20H25NO2/c1-3-4-12-19(20(22)23)21-14-16-9-7-10-17(13-16)18-11-6-5-8-15(18)2/h5-11,13,19,21H,3-4,12,14H2,1-2H3,(H,22,23)/t19-/m0/s1. The number of aryl methyl sites for hydroxylation is 1. The van der Waals surface area contributed by atoms with Gasteiger partial charge in [-0.05, 0) is 41.7 Å². The van der Waals surface area contributed by atoms with Crippen molar-refractivity contribution < 1.29 is 9.90 Å². The van der Waals surface area contributed by atoms with Gasteiger partial charge >= 0.3 is 5.97 Å². The summed E-state index contributed by atoms with van der Waals surface area (Å²) >= 11 is 0. The second kappa shape index (κ2) is 8.49. The lowest BCUT2D eigenvalue weighted by atomic mass is 9.99. The minimum atomic E-state index is -0.770. The minimum absolute atomic E-state index is 0.475. The van der Waals surface area contributed by atoms with Crippen molar-refractivity contribution in [2.75, 3.05) is 0 Å². The molecule has 2 aromatic carbocycles. The molecule has 0 spiro atoms. The van der Waals surface area contributed by atoms with Gasteiger partial charge in [0.1, 0.15) is 6.04 Å². The zero-order valence-electron chi connectivity index (χ0n) is 13.9. The van der Waals surface area contributed by atoms with Gasteiger partial charge in [0.25, 0.3) is 0 Å². The molecule has 0 saturated carbocycles. The van der Waals surface area contributed by atoms with E-state index >= 15 is 0 Å². The molecule has 0 aliphatic carbocycles. The molecule has 23 heavy (non-hydrogen) atoms. The van der Waals surface area contributed by atoms with Crippen molar-refractivity contribution in [1.29, 1.82) is 0 Å². The Balaban J connectivity index is 2.08. The van der Waals surface area contributed by atoms with Gasteiger partial charge in [-0.1, -0.05) is 62.2 Å². The van der Waals surface area contributed by atoms with Gasteiger partial charge in [-0.3, -0.25) is 4.79 Å². The third kappa shape index (κ3) is 4.93. The third-order valence-corrected chi connectivity index (χ3v) is 4.08. The highest BCUT2D eigenvalue weighted by Crippen LogP contribution is 2.23. The van der Waals surface area contributed by atoms with E-state index in [-0.39, 0.29) is 0 Å². The molecule has 0 bridgehead atoms. The molecule has 3 heteroatoms. The average molecular weight is 311 g/mol. The van der Waals surface area contributed by atoms with Crippen LogP contribution in [0.3, 0.4) is 0 Å². The zero-order valence-corrected chi connectivity index (χ0v) is 13.9. The second-order valence-corrected chi connectivity index (χ2v) is 5.93. The van der Waals surface area contributed by atoms with Crippen LogP contribution in [-0.2, 0) is 11.3 Å². The Bertz CT molecular complexity index is 652. The number of carboxylic acid groups (broad SMARTS) is 1. The Morgan fingerprint density at radius 3 is 2.65 bits per heavy atom. The normalized spacial score (nSPS) is 12.1. The highest BCUT2D eigenvalue weighted by atomic mass is 16.4. The van der Waals surface area contributed by atoms with Crippen LogP contribution in [0.2, 0.25) is 0 Å². The number of carbonyl (C=O) groups is 1. The molecule has 2 rings (SSSR count). The Kier molecular flexibility index (Phi) is 6.36. The summed E-state index contributed by atoms with van der Waals surface area (Å²) in [7, 11) is 0. The summed E-state index contributed by atoms with van der Waals surface area (Å²) in [5.74, 6) is -0.770. The van der Waals surface area contributed by atoms with E-state index in [1.807, 2.05) is 24.3 Å². The van der Waals surface area contributed by atoms with Crippen molar-refractivity contribution in [3.05, 3.63) is 59.7 Å². The van der Waals surface area contributed by atoms with E-state index in [0.717, 1.165) is 18.4 Å². The first-order chi connectivity index (χ1) is 11.1. The molecular formula is C20H25NO2. The molecule has 0 fully saturated rings. The van der Waals surface area contributed by atoms with Crippen molar-refractivity contribution in [3.8, 4) is 11.1 Å². The van der Waals surface area contributed by atoms with Crippen LogP contribution in [0.1, 0.15) is 37.3 Å². The van der Waals surface area contributed by atoms with Crippen LogP contribution in [-0.4, -0.2) is 17.1 Å². The Morgan fingerprint density at radius 2 is 1.96 bits per heavy atom. The second-order valence-electron chi connectivity index (χ2n) is 5.93. The van der Waals surface area contributed by atoms with E-state index < -0.39 is 12.0 Å². The quantitative estimate of drug-likeness (QED) is 0.760. The van der Waals surface area contributed by atoms with Crippen LogP contribution in [0.4, 0.5) is 0 Å². The van der Waals surface area contributed by atoms with Gasteiger partial charge in [0.15, 0.2) is 0 Å². The lowest BCUT2D eigenvalue weighted by molar-refractivity contribution is -0.139. The Labute approximate surface area is 138 Å². The monoisotopic (exact) mass is 311 g/mol. The molecule has 1 atom stereocenters. The van der Waals surface area contributed by atoms with Crippen LogP contribution >= 0.6 is 0 Å². The van der Waals surface area contributed by atoms with E-state index in [2.05, 4.69) is 43.4 Å². The largest absolute Gasteiger partial charge is 0.480 e. The van der Waals surface area contributed by atoms with Crippen LogP contribution in [0.25, 0.3) is 11.1 Å². The summed E-state index contributed by atoms with van der Waals surface area (Å²) in [5, 5.41) is 12.4. The van der Waals surface area contributed by atoms with Gasteiger partial charge in [-0.15, -0.1) is 0 Å². The molecule has 2 N–H and O–H groups in total. The van der Waals surface area contributed by atoms with E-state index in [1.54, 1.807) is 0 Å². The number of aliphatic carboxylic acids is 1. The number of nitrogens with one attached hydrogen (secondary N) is 1. The smallest absolute Gasteiger partial charge is 0.320 e. The average Bonchev–Trinajstić information content (AvgIpc) is 2.55. The van der Waals surface area contributed by atoms with Crippen molar-refractivity contribution in [3.63, 3.8) is 0 Å². The summed E-state index contributed by atoms with van der Waals surface area (Å²) in [6, 6.07) is 16.1. The van der Waals surface area contributed by atoms with Gasteiger partial charge in [0.05, 0.1) is 0 Å². The fourth-order valence-electron chi connectivity index (χ4n) is 2.71. The molecule has 2 aromatic rings. The van der Waals surface area contributed by atoms with Crippen LogP contribution in [0, 0.1) is 6.92 Å². The maximum Gasteiger partial charge on any atom is 0.320 e. The van der Waals surface area contributed by atoms with E-state index in [4.69, 9.17) is 0 Å². The summed E-state index contributed by atoms with van der Waals surface area (Å²) in [4.78, 5) is 11.3. The molecule has 0 heterocycles. The van der Waals surface area contributed by atoms with E-state index in [1.165, 1.54) is 16.7 Å². The summed E-state index contributed by atoms with van der Waals surface area (Å²) in [5.41, 5.74) is 4.73. The lowest BCUT2D eigenvalue weighted by Gasteiger charge is -2.15. The van der Waals surface area contributed by atoms with Crippen LogP contribution in [0.15, 0.2) is 48.5 Å². The zero-order chi connectivity index (χ0) is 16.7. The number of rotatable bonds is 8. The van der Waals surface area contributed by atoms with Crippen molar-refractivity contribution in [2.45, 2.75) is 45.7 Å². The first kappa shape index (κ1) is 17.2. The van der Waals surface area contributed by atoms with Gasteiger partial charge in [-0.2, -0.15) is 0 Å². The molecule has 0 aromatic heterocycles. The number of hydrogen-bond donors (Lipinski definition) is 2. The van der Waals surface area contributed by atoms with Crippen molar-refractivity contribution >= 4 is 5.97 Å². The summed E-state index contributed by atoms with van der Waals surface area (Å²) in [6.07, 6.45) is 2.60. The number of unbranched alkanes of at least 4 members (excludes halogenated alkanes) is 1. The number of benzene rings is 2. The van der Waals surface area contributed by atoms with E-state index in [9.17, 15) is 9.90 Å². The molecule has 0 saturated heterocycles. The minimum Gasteiger partial charge on any atom is -0.480 e. The first-order valence-electron chi connectivity index (χ1n) is 8.23. The predicted octanol–water partition coefficient (Wildman–Crippen LogP) is 4.40. The van der Waals surface area contributed by atoms with Crippen LogP contribution in [0.5, 0.6) is 0 Å². The molecular weight excluding hydrogens is 286 g/mol. The maximum absolute atomic E-state index is 11.3. The topological polar surface area (TPSA) is 49.3 Å². The molecule has 0 unspecified atom stereocenters. The number of carboxylic acids is 1. The van der Waals surface area contributed by atoms with E-state index in [0.29, 0.717) is 13.0 Å². The summed E-state index contributed by atoms with van der Waals surface area (Å²) < 4.78 is 0. The molecule has 0 radical (unpaired) electrons. The molecule has 0 aliphatic heterocycles. The molecule has 0 amide bonds. The van der Waals surface area contributed by atoms with Gasteiger partial charge < -0.3 is 10.4 Å². The summed E-state index contributed by atoms with van der Waals surface area (Å²) in [6.45, 7) is 4.75.